The summed E-state index contributed by atoms with van der Waals surface area (Å²) in [6.45, 7) is 4.70. The summed E-state index contributed by atoms with van der Waals surface area (Å²) in [5, 5.41) is 13.5. The van der Waals surface area contributed by atoms with Crippen LogP contribution in [0.25, 0.3) is 0 Å². The van der Waals surface area contributed by atoms with Crippen molar-refractivity contribution in [2.45, 2.75) is 123 Å². The van der Waals surface area contributed by atoms with Gasteiger partial charge in [-0.2, -0.15) is 0 Å². The van der Waals surface area contributed by atoms with Crippen molar-refractivity contribution < 1.29 is 61.3 Å². The van der Waals surface area contributed by atoms with Gasteiger partial charge in [-0.1, -0.05) is 103 Å². The molecule has 0 saturated heterocycles. The summed E-state index contributed by atoms with van der Waals surface area (Å²) in [6.07, 6.45) is 21.8. The fourth-order valence-electron chi connectivity index (χ4n) is 3.07. The molecule has 0 aliphatic rings. The van der Waals surface area contributed by atoms with Crippen LogP contribution in [0.2, 0.25) is 0 Å². The zero-order valence-electron chi connectivity index (χ0n) is 17.4. The van der Waals surface area contributed by atoms with Crippen LogP contribution in [-0.2, 0) is 4.79 Å². The normalized spacial score (nSPS) is 11.9. The molecule has 0 radical (unpaired) electrons. The van der Waals surface area contributed by atoms with Crippen molar-refractivity contribution >= 4 is 5.97 Å². The van der Waals surface area contributed by atoms with Gasteiger partial charge < -0.3 is 15.2 Å². The van der Waals surface area contributed by atoms with Crippen LogP contribution in [0.3, 0.4) is 0 Å². The molecule has 0 saturated carbocycles. The Hall–Kier alpha value is 1.07. The largest absolute Gasteiger partial charge is 1.00 e. The minimum atomic E-state index is -1.01. The number of unbranched alkanes of at least 4 members (excludes halogenated alkanes) is 15. The van der Waals surface area contributed by atoms with Crippen LogP contribution < -0.4 is 61.8 Å². The molecule has 0 amide bonds. The summed E-state index contributed by atoms with van der Waals surface area (Å²) in [5.74, 6) is -1.01. The van der Waals surface area contributed by atoms with E-state index >= 15 is 0 Å². The van der Waals surface area contributed by atoms with Gasteiger partial charge in [0.05, 0.1) is 5.97 Å². The van der Waals surface area contributed by atoms with Gasteiger partial charge in [0.1, 0.15) is 0 Å². The molecule has 0 aromatic carbocycles. The summed E-state index contributed by atoms with van der Waals surface area (Å²) >= 11 is 0. The van der Waals surface area contributed by atoms with Crippen molar-refractivity contribution in [1.82, 2.24) is 5.32 Å². The van der Waals surface area contributed by atoms with E-state index in [9.17, 15) is 9.90 Å². The third kappa shape index (κ3) is 23.0. The molecule has 0 bridgehead atoms. The molecule has 0 aromatic rings. The average molecular weight is 380 g/mol. The Balaban J connectivity index is 0. The van der Waals surface area contributed by atoms with Gasteiger partial charge in [0.15, 0.2) is 0 Å². The number of hydrogen-bond acceptors (Lipinski definition) is 3. The van der Waals surface area contributed by atoms with Crippen LogP contribution in [0.15, 0.2) is 0 Å². The van der Waals surface area contributed by atoms with Crippen LogP contribution in [-0.4, -0.2) is 18.6 Å². The topological polar surface area (TPSA) is 52.2 Å². The summed E-state index contributed by atoms with van der Waals surface area (Å²) in [6, 6.07) is -0.527. The van der Waals surface area contributed by atoms with Gasteiger partial charge in [-0.25, -0.2) is 0 Å². The van der Waals surface area contributed by atoms with E-state index in [1.807, 2.05) is 0 Å². The Morgan fingerprint density at radius 1 is 0.720 bits per heavy atom. The summed E-state index contributed by atoms with van der Waals surface area (Å²) < 4.78 is 0. The second-order valence-corrected chi connectivity index (χ2v) is 7.30. The summed E-state index contributed by atoms with van der Waals surface area (Å²) in [7, 11) is 0. The van der Waals surface area contributed by atoms with E-state index in [1.54, 1.807) is 6.92 Å². The molecule has 3 nitrogen and oxygen atoms in total. The molecule has 25 heavy (non-hydrogen) atoms. The quantitative estimate of drug-likeness (QED) is 0.276. The maximum Gasteiger partial charge on any atom is 1.00 e. The molecule has 0 aliphatic heterocycles. The van der Waals surface area contributed by atoms with Gasteiger partial charge in [-0.15, -0.1) is 0 Å². The Morgan fingerprint density at radius 2 is 1.04 bits per heavy atom. The minimum Gasteiger partial charge on any atom is -0.548 e. The van der Waals surface area contributed by atoms with E-state index in [0.29, 0.717) is 0 Å². The van der Waals surface area contributed by atoms with Gasteiger partial charge in [-0.3, -0.25) is 0 Å². The molecule has 0 unspecified atom stereocenters. The van der Waals surface area contributed by atoms with Crippen molar-refractivity contribution in [3.8, 4) is 0 Å². The molecular weight excluding hydrogens is 337 g/mol. The van der Waals surface area contributed by atoms with Gasteiger partial charge >= 0.3 is 51.4 Å². The standard InChI is InChI=1S/C21H43NO2.K/c1-3-4-5-6-7-8-9-10-11-12-13-14-15-16-17-18-19-22-20(2)21(23)24;/h20,22H,3-19H2,1-2H3,(H,23,24);/q;+1/p-1/t20-;/m0./s1. The van der Waals surface area contributed by atoms with Gasteiger partial charge in [-0.05, 0) is 19.9 Å². The van der Waals surface area contributed by atoms with Crippen LogP contribution in [0, 0.1) is 0 Å². The second kappa shape index (κ2) is 23.1. The zero-order chi connectivity index (χ0) is 17.9. The molecular formula is C21H42KNO2. The smallest absolute Gasteiger partial charge is 0.548 e. The summed E-state index contributed by atoms with van der Waals surface area (Å²) in [4.78, 5) is 10.5. The number of rotatable bonds is 19. The Bertz CT molecular complexity index is 275. The second-order valence-electron chi connectivity index (χ2n) is 7.30. The monoisotopic (exact) mass is 379 g/mol. The maximum absolute atomic E-state index is 10.5. The zero-order valence-corrected chi connectivity index (χ0v) is 20.5. The van der Waals surface area contributed by atoms with Crippen LogP contribution in [0.5, 0.6) is 0 Å². The Kier molecular flexibility index (Phi) is 26.1. The molecule has 1 N–H and O–H groups in total. The first-order valence-corrected chi connectivity index (χ1v) is 10.6. The molecule has 144 valence electrons. The molecule has 0 rings (SSSR count). The molecule has 0 spiro atoms. The minimum absolute atomic E-state index is 0. The van der Waals surface area contributed by atoms with E-state index < -0.39 is 12.0 Å². The van der Waals surface area contributed by atoms with Crippen molar-refractivity contribution in [2.75, 3.05) is 6.54 Å². The van der Waals surface area contributed by atoms with Gasteiger partial charge in [0.2, 0.25) is 0 Å². The number of carbonyl (C=O) groups excluding carboxylic acids is 1. The third-order valence-corrected chi connectivity index (χ3v) is 4.83. The van der Waals surface area contributed by atoms with Crippen molar-refractivity contribution in [1.29, 1.82) is 0 Å². The third-order valence-electron chi connectivity index (χ3n) is 4.83. The van der Waals surface area contributed by atoms with Crippen molar-refractivity contribution in [3.05, 3.63) is 0 Å². The first-order chi connectivity index (χ1) is 11.7. The summed E-state index contributed by atoms with van der Waals surface area (Å²) in [5.41, 5.74) is 0. The number of hydrogen-bond donors (Lipinski definition) is 1. The van der Waals surface area contributed by atoms with Crippen LogP contribution >= 0.6 is 0 Å². The van der Waals surface area contributed by atoms with E-state index in [4.69, 9.17) is 0 Å². The number of carboxylic acid groups (broad SMARTS) is 1. The first-order valence-electron chi connectivity index (χ1n) is 10.6. The van der Waals surface area contributed by atoms with Crippen LogP contribution in [0.4, 0.5) is 0 Å². The SMILES string of the molecule is CCCCCCCCCCCCCCCCCCN[C@@H](C)C(=O)[O-].[K+]. The molecule has 0 fully saturated rings. The molecule has 0 heterocycles. The van der Waals surface area contributed by atoms with Crippen LogP contribution in [0.1, 0.15) is 117 Å². The fourth-order valence-corrected chi connectivity index (χ4v) is 3.07. The molecule has 0 aromatic heterocycles. The van der Waals surface area contributed by atoms with E-state index in [0.717, 1.165) is 13.0 Å². The molecule has 1 atom stereocenters. The van der Waals surface area contributed by atoms with Gasteiger partial charge in [0, 0.05) is 6.04 Å². The number of carboxylic acids is 1. The fraction of sp³-hybridized carbons (Fsp3) is 0.952. The number of carbonyl (C=O) groups is 1. The van der Waals surface area contributed by atoms with E-state index in [-0.39, 0.29) is 51.4 Å². The van der Waals surface area contributed by atoms with Crippen molar-refractivity contribution in [2.24, 2.45) is 0 Å². The van der Waals surface area contributed by atoms with E-state index in [1.165, 1.54) is 96.3 Å². The predicted molar refractivity (Wildman–Crippen MR) is 102 cm³/mol. The van der Waals surface area contributed by atoms with Gasteiger partial charge in [0.25, 0.3) is 0 Å². The Morgan fingerprint density at radius 3 is 1.36 bits per heavy atom. The molecule has 0 aliphatic carbocycles. The average Bonchev–Trinajstić information content (AvgIpc) is 2.57. The predicted octanol–water partition coefficient (Wildman–Crippen LogP) is 1.98. The first kappa shape index (κ1) is 28.3. The Labute approximate surface area is 199 Å². The van der Waals surface area contributed by atoms with Crippen molar-refractivity contribution in [3.63, 3.8) is 0 Å². The maximum atomic E-state index is 10.5. The molecule has 4 heteroatoms. The number of aliphatic carboxylic acids is 1. The number of nitrogens with one attached hydrogen (secondary N) is 1. The van der Waals surface area contributed by atoms with E-state index in [2.05, 4.69) is 12.2 Å².